The van der Waals surface area contributed by atoms with Crippen molar-refractivity contribution in [1.82, 2.24) is 9.97 Å². The number of hydrogen-bond acceptors (Lipinski definition) is 2. The van der Waals surface area contributed by atoms with Crippen LogP contribution in [0.15, 0.2) is 30.5 Å². The average Bonchev–Trinajstić information content (AvgIpc) is 3.00. The summed E-state index contributed by atoms with van der Waals surface area (Å²) in [4.78, 5) is 7.94. The lowest BCUT2D eigenvalue weighted by Crippen LogP contribution is -1.94. The summed E-state index contributed by atoms with van der Waals surface area (Å²) < 4.78 is 0. The highest BCUT2D eigenvalue weighted by atomic mass is 14.9. The molecule has 1 aromatic heterocycles. The van der Waals surface area contributed by atoms with Gasteiger partial charge in [0.15, 0.2) is 0 Å². The molecule has 3 heteroatoms. The predicted octanol–water partition coefficient (Wildman–Crippen LogP) is 3.32. The molecule has 1 aliphatic carbocycles. The first kappa shape index (κ1) is 10.4. The van der Waals surface area contributed by atoms with Crippen molar-refractivity contribution in [3.8, 4) is 11.3 Å². The van der Waals surface area contributed by atoms with Crippen molar-refractivity contribution in [3.63, 3.8) is 0 Å². The predicted molar refractivity (Wildman–Crippen MR) is 69.6 cm³/mol. The summed E-state index contributed by atoms with van der Waals surface area (Å²) in [5.74, 6) is 1.77. The van der Waals surface area contributed by atoms with Crippen LogP contribution < -0.4 is 5.73 Å². The summed E-state index contributed by atoms with van der Waals surface area (Å²) in [5.41, 5.74) is 8.76. The highest BCUT2D eigenvalue weighted by molar-refractivity contribution is 5.63. The van der Waals surface area contributed by atoms with Crippen LogP contribution in [0.3, 0.4) is 0 Å². The number of nitrogen functional groups attached to an aromatic ring is 1. The van der Waals surface area contributed by atoms with Crippen LogP contribution in [0, 0.1) is 0 Å². The third-order valence-electron chi connectivity index (χ3n) is 3.53. The fraction of sp³-hybridized carbons (Fsp3) is 0.357. The minimum Gasteiger partial charge on any atom is -0.399 e. The number of aromatic nitrogens is 2. The maximum absolute atomic E-state index is 5.79. The maximum Gasteiger partial charge on any atom is 0.109 e. The molecule has 2 aromatic rings. The maximum atomic E-state index is 5.79. The third-order valence-corrected chi connectivity index (χ3v) is 3.53. The van der Waals surface area contributed by atoms with Gasteiger partial charge in [-0.3, -0.25) is 0 Å². The zero-order chi connectivity index (χ0) is 11.7. The van der Waals surface area contributed by atoms with E-state index in [1.807, 2.05) is 24.4 Å². The van der Waals surface area contributed by atoms with E-state index in [9.17, 15) is 0 Å². The largest absolute Gasteiger partial charge is 0.399 e. The Bertz CT molecular complexity index is 510. The number of nitrogens with two attached hydrogens (primary N) is 1. The van der Waals surface area contributed by atoms with Crippen LogP contribution in [-0.4, -0.2) is 9.97 Å². The Morgan fingerprint density at radius 3 is 2.82 bits per heavy atom. The van der Waals surface area contributed by atoms with Crippen molar-refractivity contribution in [3.05, 3.63) is 36.3 Å². The monoisotopic (exact) mass is 227 g/mol. The molecule has 17 heavy (non-hydrogen) atoms. The second-order valence-corrected chi connectivity index (χ2v) is 4.79. The molecule has 1 heterocycles. The van der Waals surface area contributed by atoms with Gasteiger partial charge in [0.1, 0.15) is 5.82 Å². The number of rotatable bonds is 2. The molecule has 1 fully saturated rings. The van der Waals surface area contributed by atoms with E-state index in [0.717, 1.165) is 22.8 Å². The highest BCUT2D eigenvalue weighted by Crippen LogP contribution is 2.33. The molecule has 0 amide bonds. The first-order chi connectivity index (χ1) is 8.33. The van der Waals surface area contributed by atoms with Gasteiger partial charge in [-0.15, -0.1) is 0 Å². The molecule has 0 spiro atoms. The zero-order valence-electron chi connectivity index (χ0n) is 9.82. The fourth-order valence-corrected chi connectivity index (χ4v) is 2.60. The Morgan fingerprint density at radius 2 is 2.06 bits per heavy atom. The number of H-pyrrole nitrogens is 1. The number of anilines is 1. The molecule has 1 aromatic carbocycles. The van der Waals surface area contributed by atoms with E-state index in [-0.39, 0.29) is 0 Å². The van der Waals surface area contributed by atoms with E-state index in [0.29, 0.717) is 5.92 Å². The van der Waals surface area contributed by atoms with Gasteiger partial charge in [0.05, 0.1) is 11.9 Å². The summed E-state index contributed by atoms with van der Waals surface area (Å²) in [5, 5.41) is 0. The molecule has 3 rings (SSSR count). The highest BCUT2D eigenvalue weighted by Gasteiger charge is 2.19. The van der Waals surface area contributed by atoms with Crippen molar-refractivity contribution in [2.75, 3.05) is 5.73 Å². The van der Waals surface area contributed by atoms with E-state index in [1.165, 1.54) is 25.7 Å². The standard InChI is InChI=1S/C14H17N3/c15-12-7-3-6-11(8-12)13-9-16-14(17-13)10-4-1-2-5-10/h3,6-10H,1-2,4-5,15H2,(H,16,17). The van der Waals surface area contributed by atoms with Crippen LogP contribution in [0.5, 0.6) is 0 Å². The summed E-state index contributed by atoms with van der Waals surface area (Å²) >= 11 is 0. The second kappa shape index (κ2) is 4.24. The van der Waals surface area contributed by atoms with Gasteiger partial charge in [0.2, 0.25) is 0 Å². The average molecular weight is 227 g/mol. The van der Waals surface area contributed by atoms with Gasteiger partial charge in [-0.25, -0.2) is 4.98 Å². The number of nitrogens with one attached hydrogen (secondary N) is 1. The summed E-state index contributed by atoms with van der Waals surface area (Å²) in [6.45, 7) is 0. The number of hydrogen-bond donors (Lipinski definition) is 2. The lowest BCUT2D eigenvalue weighted by atomic mass is 10.1. The number of benzene rings is 1. The fourth-order valence-electron chi connectivity index (χ4n) is 2.60. The molecule has 0 atom stereocenters. The molecule has 0 unspecified atom stereocenters. The van der Waals surface area contributed by atoms with E-state index in [1.54, 1.807) is 0 Å². The minimum absolute atomic E-state index is 0.629. The molecular formula is C14H17N3. The summed E-state index contributed by atoms with van der Waals surface area (Å²) in [6, 6.07) is 7.91. The Morgan fingerprint density at radius 1 is 1.24 bits per heavy atom. The molecule has 1 aliphatic rings. The molecule has 0 aliphatic heterocycles. The van der Waals surface area contributed by atoms with Crippen molar-refractivity contribution < 1.29 is 0 Å². The third kappa shape index (κ3) is 2.05. The van der Waals surface area contributed by atoms with Crippen LogP contribution >= 0.6 is 0 Å². The van der Waals surface area contributed by atoms with Gasteiger partial charge in [0, 0.05) is 17.2 Å². The van der Waals surface area contributed by atoms with Crippen molar-refractivity contribution in [1.29, 1.82) is 0 Å². The number of aromatic amines is 1. The van der Waals surface area contributed by atoms with Crippen molar-refractivity contribution >= 4 is 5.69 Å². The lowest BCUT2D eigenvalue weighted by molar-refractivity contribution is 0.679. The van der Waals surface area contributed by atoms with E-state index < -0.39 is 0 Å². The van der Waals surface area contributed by atoms with Crippen LogP contribution in [0.25, 0.3) is 11.3 Å². The zero-order valence-corrected chi connectivity index (χ0v) is 9.82. The second-order valence-electron chi connectivity index (χ2n) is 4.79. The lowest BCUT2D eigenvalue weighted by Gasteiger charge is -2.04. The first-order valence-corrected chi connectivity index (χ1v) is 6.24. The van der Waals surface area contributed by atoms with Gasteiger partial charge in [-0.1, -0.05) is 25.0 Å². The van der Waals surface area contributed by atoms with Crippen LogP contribution in [0.4, 0.5) is 5.69 Å². The molecule has 88 valence electrons. The van der Waals surface area contributed by atoms with Gasteiger partial charge in [-0.2, -0.15) is 0 Å². The van der Waals surface area contributed by atoms with Gasteiger partial charge < -0.3 is 10.7 Å². The van der Waals surface area contributed by atoms with E-state index in [2.05, 4.69) is 16.0 Å². The normalized spacial score (nSPS) is 16.5. The van der Waals surface area contributed by atoms with Crippen LogP contribution in [-0.2, 0) is 0 Å². The van der Waals surface area contributed by atoms with Crippen LogP contribution in [0.1, 0.15) is 37.4 Å². The van der Waals surface area contributed by atoms with E-state index in [4.69, 9.17) is 5.73 Å². The first-order valence-electron chi connectivity index (χ1n) is 6.24. The molecular weight excluding hydrogens is 210 g/mol. The SMILES string of the molecule is Nc1cccc(-c2cnc(C3CCCC3)[nH]2)c1. The molecule has 3 nitrogen and oxygen atoms in total. The molecule has 0 radical (unpaired) electrons. The Labute approximate surface area is 101 Å². The van der Waals surface area contributed by atoms with Gasteiger partial charge in [0.25, 0.3) is 0 Å². The van der Waals surface area contributed by atoms with Crippen molar-refractivity contribution in [2.24, 2.45) is 0 Å². The Hall–Kier alpha value is -1.77. The number of imidazole rings is 1. The summed E-state index contributed by atoms with van der Waals surface area (Å²) in [6.07, 6.45) is 7.12. The topological polar surface area (TPSA) is 54.7 Å². The summed E-state index contributed by atoms with van der Waals surface area (Å²) in [7, 11) is 0. The van der Waals surface area contributed by atoms with Gasteiger partial charge >= 0.3 is 0 Å². The molecule has 3 N–H and O–H groups in total. The minimum atomic E-state index is 0.629. The quantitative estimate of drug-likeness (QED) is 0.773. The molecule has 0 saturated heterocycles. The Kier molecular flexibility index (Phi) is 2.59. The molecule has 0 bridgehead atoms. The van der Waals surface area contributed by atoms with Crippen LogP contribution in [0.2, 0.25) is 0 Å². The number of nitrogens with zero attached hydrogens (tertiary/aromatic N) is 1. The van der Waals surface area contributed by atoms with Crippen molar-refractivity contribution in [2.45, 2.75) is 31.6 Å². The Balaban J connectivity index is 1.89. The smallest absolute Gasteiger partial charge is 0.109 e. The van der Waals surface area contributed by atoms with E-state index >= 15 is 0 Å². The van der Waals surface area contributed by atoms with Gasteiger partial charge in [-0.05, 0) is 25.0 Å². The molecule has 1 saturated carbocycles.